The summed E-state index contributed by atoms with van der Waals surface area (Å²) in [4.78, 5) is 28.1. The van der Waals surface area contributed by atoms with Crippen molar-refractivity contribution in [1.82, 2.24) is 25.2 Å². The standard InChI is InChI=1S/C22H25N5OS/c28-21(18-16-29-22(26-18)20-23-11-8-12-24-20)25-15-19(17-9-4-3-5-10-17)27-13-6-1-2-7-14-27/h3-5,8-12,16,19H,1-2,6-7,13-15H2,(H,25,28). The molecule has 1 fully saturated rings. The highest BCUT2D eigenvalue weighted by Crippen LogP contribution is 2.24. The van der Waals surface area contributed by atoms with Crippen molar-refractivity contribution in [2.24, 2.45) is 0 Å². The molecule has 1 aliphatic heterocycles. The Kier molecular flexibility index (Phi) is 6.59. The van der Waals surface area contributed by atoms with Crippen LogP contribution in [0, 0.1) is 0 Å². The lowest BCUT2D eigenvalue weighted by molar-refractivity contribution is 0.0929. The van der Waals surface area contributed by atoms with E-state index in [-0.39, 0.29) is 11.9 Å². The third-order valence-electron chi connectivity index (χ3n) is 5.22. The molecule has 29 heavy (non-hydrogen) atoms. The van der Waals surface area contributed by atoms with E-state index in [1.54, 1.807) is 23.8 Å². The van der Waals surface area contributed by atoms with Gasteiger partial charge in [0.05, 0.1) is 6.04 Å². The van der Waals surface area contributed by atoms with Gasteiger partial charge in [0.15, 0.2) is 10.8 Å². The summed E-state index contributed by atoms with van der Waals surface area (Å²) in [5.41, 5.74) is 1.66. The van der Waals surface area contributed by atoms with Crippen LogP contribution in [0.2, 0.25) is 0 Å². The van der Waals surface area contributed by atoms with Crippen LogP contribution in [-0.2, 0) is 0 Å². The number of carbonyl (C=O) groups excluding carboxylic acids is 1. The Hall–Kier alpha value is -2.64. The lowest BCUT2D eigenvalue weighted by Crippen LogP contribution is -2.38. The fourth-order valence-corrected chi connectivity index (χ4v) is 4.45. The van der Waals surface area contributed by atoms with Gasteiger partial charge in [-0.05, 0) is 37.6 Å². The van der Waals surface area contributed by atoms with Crippen LogP contribution in [0.15, 0.2) is 54.2 Å². The Labute approximate surface area is 175 Å². The van der Waals surface area contributed by atoms with Gasteiger partial charge in [0.1, 0.15) is 5.69 Å². The van der Waals surface area contributed by atoms with Gasteiger partial charge in [0, 0.05) is 24.3 Å². The average Bonchev–Trinajstić information content (AvgIpc) is 3.12. The lowest BCUT2D eigenvalue weighted by atomic mass is 10.0. The molecule has 1 atom stereocenters. The van der Waals surface area contributed by atoms with E-state index >= 15 is 0 Å². The zero-order valence-electron chi connectivity index (χ0n) is 16.3. The third kappa shape index (κ3) is 5.05. The second-order valence-corrected chi connectivity index (χ2v) is 8.06. The van der Waals surface area contributed by atoms with Gasteiger partial charge in [-0.15, -0.1) is 11.3 Å². The number of likely N-dealkylation sites (tertiary alicyclic amines) is 1. The average molecular weight is 408 g/mol. The molecular weight excluding hydrogens is 382 g/mol. The van der Waals surface area contributed by atoms with E-state index in [1.807, 2.05) is 6.07 Å². The number of aromatic nitrogens is 3. The molecule has 2 aromatic heterocycles. The van der Waals surface area contributed by atoms with Gasteiger partial charge < -0.3 is 5.32 Å². The van der Waals surface area contributed by atoms with Crippen molar-refractivity contribution in [1.29, 1.82) is 0 Å². The molecule has 1 aromatic carbocycles. The van der Waals surface area contributed by atoms with E-state index in [0.29, 0.717) is 23.1 Å². The van der Waals surface area contributed by atoms with Gasteiger partial charge in [0.2, 0.25) is 0 Å². The molecule has 3 aromatic rings. The van der Waals surface area contributed by atoms with Gasteiger partial charge in [-0.25, -0.2) is 15.0 Å². The summed E-state index contributed by atoms with van der Waals surface area (Å²) >= 11 is 1.39. The summed E-state index contributed by atoms with van der Waals surface area (Å²) in [6.45, 7) is 2.71. The first-order valence-corrected chi connectivity index (χ1v) is 11.0. The Bertz CT molecular complexity index is 907. The predicted octanol–water partition coefficient (Wildman–Crippen LogP) is 3.95. The van der Waals surface area contributed by atoms with Crippen LogP contribution in [0.5, 0.6) is 0 Å². The smallest absolute Gasteiger partial charge is 0.270 e. The predicted molar refractivity (Wildman–Crippen MR) is 115 cm³/mol. The van der Waals surface area contributed by atoms with Crippen LogP contribution in [-0.4, -0.2) is 45.4 Å². The van der Waals surface area contributed by atoms with Crippen LogP contribution in [0.25, 0.3) is 10.8 Å². The zero-order valence-corrected chi connectivity index (χ0v) is 17.1. The molecule has 0 bridgehead atoms. The molecule has 0 saturated carbocycles. The lowest BCUT2D eigenvalue weighted by Gasteiger charge is -2.31. The van der Waals surface area contributed by atoms with Gasteiger partial charge in [-0.2, -0.15) is 0 Å². The van der Waals surface area contributed by atoms with E-state index in [9.17, 15) is 4.79 Å². The fraction of sp³-hybridized carbons (Fsp3) is 0.364. The first-order chi connectivity index (χ1) is 14.3. The Morgan fingerprint density at radius 1 is 1.03 bits per heavy atom. The van der Waals surface area contributed by atoms with Crippen LogP contribution in [0.4, 0.5) is 0 Å². The minimum Gasteiger partial charge on any atom is -0.349 e. The maximum absolute atomic E-state index is 12.7. The molecule has 1 unspecified atom stereocenters. The Morgan fingerprint density at radius 3 is 2.48 bits per heavy atom. The normalized spacial score (nSPS) is 16.1. The first kappa shape index (κ1) is 19.7. The van der Waals surface area contributed by atoms with E-state index in [2.05, 4.69) is 49.4 Å². The van der Waals surface area contributed by atoms with Crippen LogP contribution in [0.3, 0.4) is 0 Å². The number of amides is 1. The van der Waals surface area contributed by atoms with E-state index < -0.39 is 0 Å². The highest BCUT2D eigenvalue weighted by molar-refractivity contribution is 7.13. The zero-order chi connectivity index (χ0) is 19.9. The number of thiazole rings is 1. The van der Waals surface area contributed by atoms with E-state index in [4.69, 9.17) is 0 Å². The highest BCUT2D eigenvalue weighted by Gasteiger charge is 2.23. The third-order valence-corrected chi connectivity index (χ3v) is 6.05. The molecular formula is C22H25N5OS. The molecule has 1 N–H and O–H groups in total. The monoisotopic (exact) mass is 407 g/mol. The number of hydrogen-bond acceptors (Lipinski definition) is 6. The highest BCUT2D eigenvalue weighted by atomic mass is 32.1. The van der Waals surface area contributed by atoms with Crippen molar-refractivity contribution in [3.8, 4) is 10.8 Å². The summed E-state index contributed by atoms with van der Waals surface area (Å²) in [5.74, 6) is 0.391. The summed E-state index contributed by atoms with van der Waals surface area (Å²) < 4.78 is 0. The summed E-state index contributed by atoms with van der Waals surface area (Å²) in [5, 5.41) is 5.53. The maximum atomic E-state index is 12.7. The molecule has 150 valence electrons. The van der Waals surface area contributed by atoms with Crippen molar-refractivity contribution in [3.05, 3.63) is 65.4 Å². The van der Waals surface area contributed by atoms with Crippen LogP contribution >= 0.6 is 11.3 Å². The second kappa shape index (κ2) is 9.71. The number of nitrogens with zero attached hydrogens (tertiary/aromatic N) is 4. The van der Waals surface area contributed by atoms with Crippen LogP contribution in [0.1, 0.15) is 47.8 Å². The number of benzene rings is 1. The van der Waals surface area contributed by atoms with Crippen molar-refractivity contribution in [2.45, 2.75) is 31.7 Å². The molecule has 1 aliphatic rings. The number of rotatable bonds is 6. The maximum Gasteiger partial charge on any atom is 0.270 e. The molecule has 4 rings (SSSR count). The quantitative estimate of drug-likeness (QED) is 0.670. The van der Waals surface area contributed by atoms with E-state index in [0.717, 1.165) is 13.1 Å². The topological polar surface area (TPSA) is 71.0 Å². The van der Waals surface area contributed by atoms with E-state index in [1.165, 1.54) is 42.6 Å². The van der Waals surface area contributed by atoms with Gasteiger partial charge in [-0.3, -0.25) is 9.69 Å². The van der Waals surface area contributed by atoms with Gasteiger partial charge >= 0.3 is 0 Å². The molecule has 1 saturated heterocycles. The fourth-order valence-electron chi connectivity index (χ4n) is 3.71. The SMILES string of the molecule is O=C(NCC(c1ccccc1)N1CCCCCC1)c1csc(-c2ncccn2)n1. The number of carbonyl (C=O) groups is 1. The number of hydrogen-bond donors (Lipinski definition) is 1. The van der Waals surface area contributed by atoms with Crippen molar-refractivity contribution in [3.63, 3.8) is 0 Å². The van der Waals surface area contributed by atoms with Crippen molar-refractivity contribution >= 4 is 17.2 Å². The Balaban J connectivity index is 1.45. The van der Waals surface area contributed by atoms with Gasteiger partial charge in [0.25, 0.3) is 5.91 Å². The minimum atomic E-state index is -0.154. The minimum absolute atomic E-state index is 0.154. The Morgan fingerprint density at radius 2 is 1.76 bits per heavy atom. The van der Waals surface area contributed by atoms with Crippen LogP contribution < -0.4 is 5.32 Å². The molecule has 6 nitrogen and oxygen atoms in total. The molecule has 0 radical (unpaired) electrons. The summed E-state index contributed by atoms with van der Waals surface area (Å²) in [6, 6.07) is 12.4. The molecule has 0 spiro atoms. The molecule has 0 aliphatic carbocycles. The molecule has 3 heterocycles. The second-order valence-electron chi connectivity index (χ2n) is 7.20. The summed E-state index contributed by atoms with van der Waals surface area (Å²) in [6.07, 6.45) is 8.35. The molecule has 1 amide bonds. The largest absolute Gasteiger partial charge is 0.349 e. The first-order valence-electron chi connectivity index (χ1n) is 10.1. The van der Waals surface area contributed by atoms with Gasteiger partial charge in [-0.1, -0.05) is 43.2 Å². The van der Waals surface area contributed by atoms with Crippen molar-refractivity contribution in [2.75, 3.05) is 19.6 Å². The summed E-state index contributed by atoms with van der Waals surface area (Å²) in [7, 11) is 0. The van der Waals surface area contributed by atoms with Crippen molar-refractivity contribution < 1.29 is 4.79 Å². The molecule has 7 heteroatoms. The number of nitrogens with one attached hydrogen (secondary N) is 1.